The highest BCUT2D eigenvalue weighted by Gasteiger charge is 2.27. The van der Waals surface area contributed by atoms with Crippen molar-refractivity contribution in [2.75, 3.05) is 6.54 Å². The number of nitrogens with one attached hydrogen (secondary N) is 3. The molecule has 33 heavy (non-hydrogen) atoms. The van der Waals surface area contributed by atoms with Crippen LogP contribution in [0.25, 0.3) is 0 Å². The number of carbonyl (C=O) groups excluding carboxylic acids is 4. The average Bonchev–Trinajstić information content (AvgIpc) is 2.74. The molecule has 0 fully saturated rings. The number of benzene rings is 1. The summed E-state index contributed by atoms with van der Waals surface area (Å²) in [4.78, 5) is 59.2. The van der Waals surface area contributed by atoms with E-state index < -0.39 is 54.3 Å². The summed E-state index contributed by atoms with van der Waals surface area (Å²) in [5, 5.41) is 25.8. The molecule has 182 valence electrons. The molecule has 0 radical (unpaired) electrons. The van der Waals surface area contributed by atoms with Crippen molar-refractivity contribution in [1.29, 1.82) is 0 Å². The van der Waals surface area contributed by atoms with Gasteiger partial charge >= 0.3 is 5.97 Å². The van der Waals surface area contributed by atoms with Gasteiger partial charge in [-0.15, -0.1) is 0 Å². The largest absolute Gasteiger partial charge is 0.508 e. The Labute approximate surface area is 191 Å². The molecule has 3 unspecified atom stereocenters. The Kier molecular flexibility index (Phi) is 10.8. The van der Waals surface area contributed by atoms with E-state index in [-0.39, 0.29) is 30.9 Å². The van der Waals surface area contributed by atoms with Crippen LogP contribution < -0.4 is 27.4 Å². The molecule has 0 saturated heterocycles. The number of nitrogens with two attached hydrogens (primary N) is 2. The first-order valence-corrected chi connectivity index (χ1v) is 10.3. The van der Waals surface area contributed by atoms with E-state index in [0.29, 0.717) is 5.56 Å². The summed E-state index contributed by atoms with van der Waals surface area (Å²) in [5.74, 6) is -4.22. The van der Waals surface area contributed by atoms with Crippen molar-refractivity contribution in [3.63, 3.8) is 0 Å². The molecule has 0 spiro atoms. The molecular formula is C21H31N5O7. The second-order valence-corrected chi connectivity index (χ2v) is 7.89. The Hall–Kier alpha value is -3.67. The quantitative estimate of drug-likeness (QED) is 0.179. The highest BCUT2D eigenvalue weighted by Crippen LogP contribution is 2.11. The number of amides is 4. The number of carboxylic acid groups (broad SMARTS) is 1. The lowest BCUT2D eigenvalue weighted by molar-refractivity contribution is -0.141. The second-order valence-electron chi connectivity index (χ2n) is 7.89. The third-order valence-corrected chi connectivity index (χ3v) is 4.72. The molecular weight excluding hydrogens is 434 g/mol. The fourth-order valence-electron chi connectivity index (χ4n) is 2.81. The molecule has 1 rings (SSSR count). The third kappa shape index (κ3) is 9.99. The highest BCUT2D eigenvalue weighted by molar-refractivity contribution is 5.92. The Morgan fingerprint density at radius 3 is 2.12 bits per heavy atom. The van der Waals surface area contributed by atoms with E-state index in [1.165, 1.54) is 24.3 Å². The van der Waals surface area contributed by atoms with Gasteiger partial charge in [-0.3, -0.25) is 19.2 Å². The zero-order valence-electron chi connectivity index (χ0n) is 18.5. The first-order chi connectivity index (χ1) is 15.4. The van der Waals surface area contributed by atoms with Crippen molar-refractivity contribution in [2.45, 2.75) is 51.2 Å². The summed E-state index contributed by atoms with van der Waals surface area (Å²) >= 11 is 0. The molecule has 4 amide bonds. The molecule has 0 aliphatic heterocycles. The number of phenolic OH excluding ortho intramolecular Hbond substituents is 1. The predicted molar refractivity (Wildman–Crippen MR) is 118 cm³/mol. The Morgan fingerprint density at radius 1 is 1.00 bits per heavy atom. The van der Waals surface area contributed by atoms with Crippen LogP contribution in [0.2, 0.25) is 0 Å². The van der Waals surface area contributed by atoms with Gasteiger partial charge in [0.1, 0.15) is 17.8 Å². The molecule has 0 aliphatic rings. The van der Waals surface area contributed by atoms with Gasteiger partial charge in [-0.2, -0.15) is 0 Å². The molecule has 0 aromatic heterocycles. The van der Waals surface area contributed by atoms with Crippen molar-refractivity contribution in [2.24, 2.45) is 17.4 Å². The monoisotopic (exact) mass is 465 g/mol. The van der Waals surface area contributed by atoms with Gasteiger partial charge in [0.05, 0.1) is 12.6 Å². The van der Waals surface area contributed by atoms with Crippen molar-refractivity contribution in [1.82, 2.24) is 16.0 Å². The van der Waals surface area contributed by atoms with Gasteiger partial charge in [-0.1, -0.05) is 26.0 Å². The maximum atomic E-state index is 12.5. The van der Waals surface area contributed by atoms with Gasteiger partial charge in [0.15, 0.2) is 0 Å². The van der Waals surface area contributed by atoms with Crippen LogP contribution in [-0.2, 0) is 30.4 Å². The normalized spacial score (nSPS) is 13.5. The summed E-state index contributed by atoms with van der Waals surface area (Å²) in [7, 11) is 0. The van der Waals surface area contributed by atoms with E-state index in [0.717, 1.165) is 0 Å². The molecule has 1 aromatic rings. The molecule has 9 N–H and O–H groups in total. The topological polar surface area (TPSA) is 214 Å². The number of carbonyl (C=O) groups is 5. The van der Waals surface area contributed by atoms with Crippen LogP contribution in [-0.4, -0.2) is 64.5 Å². The van der Waals surface area contributed by atoms with E-state index in [4.69, 9.17) is 11.5 Å². The SMILES string of the molecule is CC(C)C(NC(=O)C(N)CCC(N)=O)C(=O)NCC(=O)NC(Cc1ccc(O)cc1)C(=O)O. The molecule has 0 saturated carbocycles. The number of phenols is 1. The first-order valence-electron chi connectivity index (χ1n) is 10.3. The van der Waals surface area contributed by atoms with Crippen LogP contribution >= 0.6 is 0 Å². The minimum absolute atomic E-state index is 0.0214. The Bertz CT molecular complexity index is 857. The first kappa shape index (κ1) is 27.4. The summed E-state index contributed by atoms with van der Waals surface area (Å²) in [5.41, 5.74) is 11.3. The van der Waals surface area contributed by atoms with Gasteiger partial charge in [0.2, 0.25) is 23.6 Å². The van der Waals surface area contributed by atoms with Gasteiger partial charge in [-0.25, -0.2) is 4.79 Å². The van der Waals surface area contributed by atoms with E-state index in [9.17, 15) is 34.2 Å². The number of carboxylic acids is 1. The molecule has 1 aromatic carbocycles. The summed E-state index contributed by atoms with van der Waals surface area (Å²) in [6.45, 7) is 2.85. The molecule has 0 aliphatic carbocycles. The van der Waals surface area contributed by atoms with E-state index in [1.807, 2.05) is 0 Å². The van der Waals surface area contributed by atoms with Crippen molar-refractivity contribution >= 4 is 29.6 Å². The Morgan fingerprint density at radius 2 is 1.61 bits per heavy atom. The maximum Gasteiger partial charge on any atom is 0.326 e. The average molecular weight is 466 g/mol. The molecule has 3 atom stereocenters. The number of primary amides is 1. The summed E-state index contributed by atoms with van der Waals surface area (Å²) in [6.07, 6.45) is -0.0844. The van der Waals surface area contributed by atoms with Crippen LogP contribution in [0.15, 0.2) is 24.3 Å². The zero-order chi connectivity index (χ0) is 25.1. The molecule has 12 heteroatoms. The van der Waals surface area contributed by atoms with Crippen LogP contribution in [0.3, 0.4) is 0 Å². The zero-order valence-corrected chi connectivity index (χ0v) is 18.5. The van der Waals surface area contributed by atoms with E-state index in [1.54, 1.807) is 13.8 Å². The van der Waals surface area contributed by atoms with Crippen molar-refractivity contribution < 1.29 is 34.2 Å². The van der Waals surface area contributed by atoms with Gasteiger partial charge in [0, 0.05) is 12.8 Å². The van der Waals surface area contributed by atoms with Crippen LogP contribution in [0.5, 0.6) is 5.75 Å². The molecule has 12 nitrogen and oxygen atoms in total. The second kappa shape index (κ2) is 13.0. The van der Waals surface area contributed by atoms with Crippen LogP contribution in [0.4, 0.5) is 0 Å². The minimum atomic E-state index is -1.26. The van der Waals surface area contributed by atoms with Gasteiger partial charge in [-0.05, 0) is 30.0 Å². The molecule has 0 bridgehead atoms. The lowest BCUT2D eigenvalue weighted by Crippen LogP contribution is -2.55. The fraction of sp³-hybridized carbons (Fsp3) is 0.476. The van der Waals surface area contributed by atoms with Gasteiger partial charge < -0.3 is 37.6 Å². The van der Waals surface area contributed by atoms with Crippen LogP contribution in [0.1, 0.15) is 32.3 Å². The highest BCUT2D eigenvalue weighted by atomic mass is 16.4. The summed E-state index contributed by atoms with van der Waals surface area (Å²) < 4.78 is 0. The number of aliphatic carboxylic acids is 1. The number of aromatic hydroxyl groups is 1. The van der Waals surface area contributed by atoms with Gasteiger partial charge in [0.25, 0.3) is 0 Å². The smallest absolute Gasteiger partial charge is 0.326 e. The Balaban J connectivity index is 2.63. The van der Waals surface area contributed by atoms with E-state index in [2.05, 4.69) is 16.0 Å². The number of rotatable bonds is 13. The fourth-order valence-corrected chi connectivity index (χ4v) is 2.81. The number of hydrogen-bond acceptors (Lipinski definition) is 7. The predicted octanol–water partition coefficient (Wildman–Crippen LogP) is -1.65. The minimum Gasteiger partial charge on any atom is -0.508 e. The maximum absolute atomic E-state index is 12.5. The van der Waals surface area contributed by atoms with E-state index >= 15 is 0 Å². The third-order valence-electron chi connectivity index (χ3n) is 4.72. The summed E-state index contributed by atoms with van der Waals surface area (Å²) in [6, 6.07) is 2.57. The standard InChI is InChI=1S/C21H31N5O7/c1-11(2)18(26-19(30)14(22)7-8-16(23)28)20(31)24-10-17(29)25-15(21(32)33)9-12-3-5-13(27)6-4-12/h3-6,11,14-15,18,27H,7-10,22H2,1-2H3,(H2,23,28)(H,24,31)(H,25,29)(H,26,30)(H,32,33). The van der Waals surface area contributed by atoms with Crippen LogP contribution in [0, 0.1) is 5.92 Å². The molecule has 0 heterocycles. The number of hydrogen-bond donors (Lipinski definition) is 7. The lowest BCUT2D eigenvalue weighted by atomic mass is 10.0. The van der Waals surface area contributed by atoms with Crippen molar-refractivity contribution in [3.8, 4) is 5.75 Å². The van der Waals surface area contributed by atoms with Crippen molar-refractivity contribution in [3.05, 3.63) is 29.8 Å². The lowest BCUT2D eigenvalue weighted by Gasteiger charge is -2.23.